The van der Waals surface area contributed by atoms with Gasteiger partial charge in [0.25, 0.3) is 5.79 Å². The summed E-state index contributed by atoms with van der Waals surface area (Å²) in [5.41, 5.74) is 0. The smallest absolute Gasteiger partial charge is 0.364 e. The Kier molecular flexibility index (Phi) is 58.0. The van der Waals surface area contributed by atoms with Crippen molar-refractivity contribution in [1.82, 2.24) is 10.6 Å². The fourth-order valence-electron chi connectivity index (χ4n) is 15.4. The number of nitrogens with one attached hydrogen (secondary N) is 2. The lowest BCUT2D eigenvalue weighted by Crippen LogP contribution is -2.70. The highest BCUT2D eigenvalue weighted by Gasteiger charge is 2.60. The molecule has 3 heterocycles. The second-order valence-corrected chi connectivity index (χ2v) is 31.8. The molecule has 0 aromatic rings. The molecule has 0 spiro atoms. The standard InChI is InChI=1S/C84H158N2O21/c1-4-6-8-10-12-14-16-18-20-22-24-26-28-29-30-31-32-33-34-35-36-38-40-42-44-46-48-50-52-54-56-58-71(94)86-65(66(91)57-55-53-51-49-47-45-43-41-39-37-27-25-23-21-19-17-15-13-11-9-7-5-2)63-102-81-76(98)75(97)78(70(62-89)104-81)105-82-77(99)80(74(96)69(61-88)103-82)107-84(83(100)101)59-67(92)72(85-64(3)90)79(106-84)73(95)68(93)60-87/h29-30,65-70,72-82,87-89,91-93,95-99H,4-28,31-63H2,1-3H3,(H,85,90)(H,86,94)(H,100,101)/b30-29-. The van der Waals surface area contributed by atoms with Crippen LogP contribution in [0.5, 0.6) is 0 Å². The summed E-state index contributed by atoms with van der Waals surface area (Å²) in [6.45, 7) is 2.28. The van der Waals surface area contributed by atoms with Crippen LogP contribution in [0, 0.1) is 0 Å². The lowest BCUT2D eigenvalue weighted by atomic mass is 9.88. The lowest BCUT2D eigenvalue weighted by molar-refractivity contribution is -0.386. The van der Waals surface area contributed by atoms with Gasteiger partial charge in [0.05, 0.1) is 50.7 Å². The highest BCUT2D eigenvalue weighted by molar-refractivity contribution is 5.77. The van der Waals surface area contributed by atoms with Crippen LogP contribution in [-0.4, -0.2) is 215 Å². The molecule has 14 N–H and O–H groups in total. The zero-order valence-corrected chi connectivity index (χ0v) is 67.0. The van der Waals surface area contributed by atoms with Gasteiger partial charge < -0.3 is 100 Å². The van der Waals surface area contributed by atoms with Crippen molar-refractivity contribution in [1.29, 1.82) is 0 Å². The molecule has 107 heavy (non-hydrogen) atoms. The number of ether oxygens (including phenoxy) is 6. The van der Waals surface area contributed by atoms with Gasteiger partial charge in [0, 0.05) is 19.8 Å². The molecule has 3 aliphatic heterocycles. The van der Waals surface area contributed by atoms with E-state index in [1.165, 1.54) is 263 Å². The summed E-state index contributed by atoms with van der Waals surface area (Å²) in [6, 6.07) is -2.53. The molecule has 0 aromatic heterocycles. The van der Waals surface area contributed by atoms with Crippen molar-refractivity contribution < 1.29 is 104 Å². The van der Waals surface area contributed by atoms with Gasteiger partial charge in [0.1, 0.15) is 67.1 Å². The first-order valence-corrected chi connectivity index (χ1v) is 43.5. The van der Waals surface area contributed by atoms with Gasteiger partial charge in [-0.15, -0.1) is 0 Å². The Morgan fingerprint density at radius 3 is 1.26 bits per heavy atom. The van der Waals surface area contributed by atoms with Crippen molar-refractivity contribution in [3.63, 3.8) is 0 Å². The monoisotopic (exact) mass is 1530 g/mol. The first-order chi connectivity index (χ1) is 51.9. The Bertz CT molecular complexity index is 2170. The predicted octanol–water partition coefficient (Wildman–Crippen LogP) is 12.9. The first-order valence-electron chi connectivity index (χ1n) is 43.5. The van der Waals surface area contributed by atoms with Crippen LogP contribution in [0.15, 0.2) is 12.2 Å². The number of aliphatic carboxylic acids is 1. The average molecular weight is 1530 g/mol. The second kappa shape index (κ2) is 62.9. The van der Waals surface area contributed by atoms with Crippen molar-refractivity contribution in [3.8, 4) is 0 Å². The normalized spacial score (nSPS) is 26.0. The van der Waals surface area contributed by atoms with Crippen molar-refractivity contribution >= 4 is 17.8 Å². The van der Waals surface area contributed by atoms with Crippen molar-refractivity contribution in [3.05, 3.63) is 12.2 Å². The number of carbonyl (C=O) groups is 3. The van der Waals surface area contributed by atoms with Gasteiger partial charge in [0.2, 0.25) is 11.8 Å². The van der Waals surface area contributed by atoms with Crippen LogP contribution < -0.4 is 10.6 Å². The molecule has 0 radical (unpaired) electrons. The molecule has 0 bridgehead atoms. The maximum atomic E-state index is 13.6. The summed E-state index contributed by atoms with van der Waals surface area (Å²) in [4.78, 5) is 38.8. The summed E-state index contributed by atoms with van der Waals surface area (Å²) in [5.74, 6) is -6.09. The van der Waals surface area contributed by atoms with E-state index in [-0.39, 0.29) is 18.9 Å². The number of rotatable bonds is 70. The molecule has 0 aromatic carbocycles. The maximum absolute atomic E-state index is 13.6. The van der Waals surface area contributed by atoms with E-state index >= 15 is 0 Å². The van der Waals surface area contributed by atoms with E-state index in [1.54, 1.807) is 0 Å². The van der Waals surface area contributed by atoms with Gasteiger partial charge in [-0.2, -0.15) is 0 Å². The number of unbranched alkanes of at least 4 members (excludes halogenated alkanes) is 48. The number of carbonyl (C=O) groups excluding carboxylic acids is 2. The molecular formula is C84H158N2O21. The van der Waals surface area contributed by atoms with E-state index in [0.717, 1.165) is 58.3 Å². The van der Waals surface area contributed by atoms with Crippen LogP contribution in [0.1, 0.15) is 367 Å². The molecule has 3 aliphatic rings. The topological polar surface area (TPSA) is 373 Å². The van der Waals surface area contributed by atoms with Crippen molar-refractivity contribution in [2.24, 2.45) is 0 Å². The molecule has 23 nitrogen and oxygen atoms in total. The Hall–Kier alpha value is -2.53. The minimum Gasteiger partial charge on any atom is -0.477 e. The quantitative estimate of drug-likeness (QED) is 0.0199. The number of carboxylic acids is 1. The van der Waals surface area contributed by atoms with Crippen LogP contribution in [0.3, 0.4) is 0 Å². The third-order valence-corrected chi connectivity index (χ3v) is 22.2. The molecule has 2 amide bonds. The van der Waals surface area contributed by atoms with Gasteiger partial charge in [0.15, 0.2) is 12.6 Å². The summed E-state index contributed by atoms with van der Waals surface area (Å²) in [6.07, 6.45) is 40.7. The number of allylic oxidation sites excluding steroid dienone is 2. The van der Waals surface area contributed by atoms with E-state index < -0.39 is 148 Å². The summed E-state index contributed by atoms with van der Waals surface area (Å²) in [7, 11) is 0. The third kappa shape index (κ3) is 42.4. The number of amides is 2. The number of carboxylic acid groups (broad SMARTS) is 1. The van der Waals surface area contributed by atoms with Crippen LogP contribution in [0.2, 0.25) is 0 Å². The Labute approximate surface area is 645 Å². The van der Waals surface area contributed by atoms with Gasteiger partial charge in [-0.05, 0) is 38.5 Å². The van der Waals surface area contributed by atoms with Gasteiger partial charge in [-0.3, -0.25) is 9.59 Å². The molecule has 3 rings (SSSR count). The predicted molar refractivity (Wildman–Crippen MR) is 417 cm³/mol. The van der Waals surface area contributed by atoms with Crippen LogP contribution >= 0.6 is 0 Å². The number of aliphatic hydroxyl groups excluding tert-OH is 11. The Morgan fingerprint density at radius 2 is 0.869 bits per heavy atom. The van der Waals surface area contributed by atoms with Gasteiger partial charge in [-0.25, -0.2) is 4.79 Å². The summed E-state index contributed by atoms with van der Waals surface area (Å²) in [5, 5.41) is 137. The van der Waals surface area contributed by atoms with E-state index in [9.17, 15) is 75.7 Å². The second-order valence-electron chi connectivity index (χ2n) is 31.8. The molecule has 0 aliphatic carbocycles. The fraction of sp³-hybridized carbons (Fsp3) is 0.940. The van der Waals surface area contributed by atoms with Crippen LogP contribution in [0.25, 0.3) is 0 Å². The maximum Gasteiger partial charge on any atom is 0.364 e. The highest BCUT2D eigenvalue weighted by atomic mass is 16.8. The zero-order chi connectivity index (χ0) is 78.1. The molecule has 18 atom stereocenters. The molecule has 630 valence electrons. The number of hydrogen-bond acceptors (Lipinski definition) is 20. The summed E-state index contributed by atoms with van der Waals surface area (Å²) >= 11 is 0. The molecule has 3 fully saturated rings. The first kappa shape index (κ1) is 98.7. The number of aliphatic hydroxyl groups is 11. The van der Waals surface area contributed by atoms with Crippen molar-refractivity contribution in [2.45, 2.75) is 477 Å². The fourth-order valence-corrected chi connectivity index (χ4v) is 15.4. The largest absolute Gasteiger partial charge is 0.477 e. The summed E-state index contributed by atoms with van der Waals surface area (Å²) < 4.78 is 35.0. The van der Waals surface area contributed by atoms with E-state index in [2.05, 4.69) is 36.6 Å². The van der Waals surface area contributed by atoms with Crippen LogP contribution in [0.4, 0.5) is 0 Å². The van der Waals surface area contributed by atoms with E-state index in [4.69, 9.17) is 28.4 Å². The van der Waals surface area contributed by atoms with Gasteiger partial charge in [-0.1, -0.05) is 321 Å². The zero-order valence-electron chi connectivity index (χ0n) is 67.0. The molecule has 3 saturated heterocycles. The van der Waals surface area contributed by atoms with E-state index in [1.807, 2.05) is 0 Å². The highest BCUT2D eigenvalue weighted by Crippen LogP contribution is 2.39. The SMILES string of the molecule is CCCCCCCCCCCCCC/C=C\CCCCCCCCCCCCCCCCCC(=O)NC(COC1OC(CO)C(OC2OC(CO)C(O)C(OC3(C(=O)O)CC(O)C(NC(C)=O)C(C(O)C(O)CO)O3)C2O)C(O)C1O)C(O)CCCCCCCCCCCCCCCCCCCCCCCC. The molecule has 23 heteroatoms. The average Bonchev–Trinajstić information content (AvgIpc) is 0.752. The van der Waals surface area contributed by atoms with Gasteiger partial charge >= 0.3 is 5.97 Å². The third-order valence-electron chi connectivity index (χ3n) is 22.2. The minimum absolute atomic E-state index is 0.227. The Balaban J connectivity index is 1.46. The van der Waals surface area contributed by atoms with Crippen molar-refractivity contribution in [2.75, 3.05) is 26.4 Å². The molecule has 0 saturated carbocycles. The molecule has 18 unspecified atom stereocenters. The molecular weight excluding hydrogens is 1370 g/mol. The van der Waals surface area contributed by atoms with E-state index in [0.29, 0.717) is 19.3 Å². The Morgan fingerprint density at radius 1 is 0.477 bits per heavy atom. The van der Waals surface area contributed by atoms with Crippen LogP contribution in [-0.2, 0) is 42.8 Å². The lowest BCUT2D eigenvalue weighted by Gasteiger charge is -2.50. The minimum atomic E-state index is -3.08. The number of hydrogen-bond donors (Lipinski definition) is 14.